The molecule has 1 aromatic rings. The predicted octanol–water partition coefficient (Wildman–Crippen LogP) is 2.00. The highest BCUT2D eigenvalue weighted by Gasteiger charge is 2.46. The Balaban J connectivity index is 2.51. The number of alkyl halides is 3. The largest absolute Gasteiger partial charge is 0.408 e. The average Bonchev–Trinajstić information content (AvgIpc) is 2.63. The molecule has 110 valence electrons. The van der Waals surface area contributed by atoms with Crippen LogP contribution in [0.4, 0.5) is 13.2 Å². The minimum absolute atomic E-state index is 0.147. The molecule has 4 nitrogen and oxygen atoms in total. The van der Waals surface area contributed by atoms with Crippen LogP contribution in [0.15, 0.2) is 23.1 Å². The third kappa shape index (κ3) is 2.39. The number of nitrogens with zero attached hydrogens (tertiary/aromatic N) is 1. The second-order valence-electron chi connectivity index (χ2n) is 4.71. The van der Waals surface area contributed by atoms with Crippen molar-refractivity contribution in [1.29, 1.82) is 0 Å². The molecule has 1 heterocycles. The van der Waals surface area contributed by atoms with E-state index < -0.39 is 28.0 Å². The first-order valence-corrected chi connectivity index (χ1v) is 7.62. The van der Waals surface area contributed by atoms with Crippen molar-refractivity contribution in [3.63, 3.8) is 0 Å². The zero-order valence-electron chi connectivity index (χ0n) is 10.7. The van der Waals surface area contributed by atoms with E-state index >= 15 is 0 Å². The average molecular weight is 307 g/mol. The van der Waals surface area contributed by atoms with Crippen LogP contribution in [0.25, 0.3) is 0 Å². The lowest BCUT2D eigenvalue weighted by Gasteiger charge is -2.26. The van der Waals surface area contributed by atoms with Gasteiger partial charge in [-0.2, -0.15) is 13.2 Å². The van der Waals surface area contributed by atoms with Crippen molar-refractivity contribution in [2.24, 2.45) is 0 Å². The summed E-state index contributed by atoms with van der Waals surface area (Å²) in [4.78, 5) is 12.5. The molecule has 2 rings (SSSR count). The monoisotopic (exact) mass is 307 g/mol. The van der Waals surface area contributed by atoms with Gasteiger partial charge in [0.15, 0.2) is 9.84 Å². The molecule has 0 aliphatic carbocycles. The minimum atomic E-state index is -4.55. The van der Waals surface area contributed by atoms with Crippen molar-refractivity contribution in [3.05, 3.63) is 29.3 Å². The molecule has 1 aliphatic rings. The van der Waals surface area contributed by atoms with E-state index in [-0.39, 0.29) is 17.0 Å². The number of hydrogen-bond donors (Lipinski definition) is 0. The summed E-state index contributed by atoms with van der Waals surface area (Å²) in [6, 6.07) is 2.15. The predicted molar refractivity (Wildman–Crippen MR) is 64.9 cm³/mol. The maximum absolute atomic E-state index is 12.7. The van der Waals surface area contributed by atoms with Crippen LogP contribution in [0.2, 0.25) is 0 Å². The number of carbonyl (C=O) groups is 1. The Hall–Kier alpha value is -1.57. The summed E-state index contributed by atoms with van der Waals surface area (Å²) < 4.78 is 61.4. The van der Waals surface area contributed by atoms with Gasteiger partial charge in [0.05, 0.1) is 10.5 Å². The highest BCUT2D eigenvalue weighted by Crippen LogP contribution is 2.34. The Kier molecular flexibility index (Phi) is 3.32. The molecule has 0 bridgehead atoms. The van der Waals surface area contributed by atoms with E-state index in [1.54, 1.807) is 0 Å². The minimum Gasteiger partial charge on any atom is -0.322 e. The summed E-state index contributed by atoms with van der Waals surface area (Å²) in [7, 11) is -3.67. The van der Waals surface area contributed by atoms with Crippen molar-refractivity contribution in [1.82, 2.24) is 4.90 Å². The number of benzene rings is 1. The van der Waals surface area contributed by atoms with Gasteiger partial charge in [0.25, 0.3) is 5.91 Å². The molecular weight excluding hydrogens is 295 g/mol. The third-order valence-corrected chi connectivity index (χ3v) is 4.41. The second kappa shape index (κ2) is 4.47. The van der Waals surface area contributed by atoms with Gasteiger partial charge in [-0.25, -0.2) is 8.42 Å². The zero-order chi connectivity index (χ0) is 15.3. The SMILES string of the molecule is C[C@H](N1Cc2cccc(S(C)(=O)=O)c2C1=O)C(F)(F)F. The first-order chi connectivity index (χ1) is 9.03. The van der Waals surface area contributed by atoms with Crippen molar-refractivity contribution in [2.45, 2.75) is 30.6 Å². The summed E-state index contributed by atoms with van der Waals surface area (Å²) in [5, 5.41) is 0. The van der Waals surface area contributed by atoms with Gasteiger partial charge in [-0.3, -0.25) is 4.79 Å². The summed E-state index contributed by atoms with van der Waals surface area (Å²) in [6.07, 6.45) is -3.63. The van der Waals surface area contributed by atoms with Gasteiger partial charge in [0.2, 0.25) is 0 Å². The lowest BCUT2D eigenvalue weighted by Crippen LogP contribution is -2.43. The fourth-order valence-corrected chi connectivity index (χ4v) is 3.06. The molecule has 0 saturated carbocycles. The van der Waals surface area contributed by atoms with Crippen LogP contribution in [0.3, 0.4) is 0 Å². The molecule has 0 aromatic heterocycles. The lowest BCUT2D eigenvalue weighted by molar-refractivity contribution is -0.172. The van der Waals surface area contributed by atoms with Gasteiger partial charge in [-0.05, 0) is 18.6 Å². The molecule has 1 aromatic carbocycles. The fourth-order valence-electron chi connectivity index (χ4n) is 2.15. The van der Waals surface area contributed by atoms with Crippen molar-refractivity contribution in [3.8, 4) is 0 Å². The van der Waals surface area contributed by atoms with Crippen LogP contribution in [-0.2, 0) is 16.4 Å². The van der Waals surface area contributed by atoms with Crippen LogP contribution in [0.1, 0.15) is 22.8 Å². The van der Waals surface area contributed by atoms with E-state index in [4.69, 9.17) is 0 Å². The van der Waals surface area contributed by atoms with E-state index in [9.17, 15) is 26.4 Å². The van der Waals surface area contributed by atoms with Crippen molar-refractivity contribution >= 4 is 15.7 Å². The van der Waals surface area contributed by atoms with Gasteiger partial charge in [0.1, 0.15) is 6.04 Å². The number of hydrogen-bond acceptors (Lipinski definition) is 3. The van der Waals surface area contributed by atoms with Gasteiger partial charge < -0.3 is 4.90 Å². The fraction of sp³-hybridized carbons (Fsp3) is 0.417. The van der Waals surface area contributed by atoms with E-state index in [1.165, 1.54) is 18.2 Å². The van der Waals surface area contributed by atoms with Crippen LogP contribution in [-0.4, -0.2) is 37.7 Å². The highest BCUT2D eigenvalue weighted by molar-refractivity contribution is 7.90. The highest BCUT2D eigenvalue weighted by atomic mass is 32.2. The molecule has 1 atom stereocenters. The van der Waals surface area contributed by atoms with E-state index in [2.05, 4.69) is 0 Å². The Morgan fingerprint density at radius 1 is 1.30 bits per heavy atom. The molecule has 20 heavy (non-hydrogen) atoms. The van der Waals surface area contributed by atoms with Crippen molar-refractivity contribution < 1.29 is 26.4 Å². The van der Waals surface area contributed by atoms with E-state index in [0.717, 1.165) is 13.2 Å². The van der Waals surface area contributed by atoms with E-state index in [0.29, 0.717) is 10.5 Å². The summed E-state index contributed by atoms with van der Waals surface area (Å²) in [6.45, 7) is 0.641. The first-order valence-electron chi connectivity index (χ1n) is 5.73. The smallest absolute Gasteiger partial charge is 0.322 e. The number of amides is 1. The summed E-state index contributed by atoms with van der Waals surface area (Å²) in [5.74, 6) is -0.897. The third-order valence-electron chi connectivity index (χ3n) is 3.27. The summed E-state index contributed by atoms with van der Waals surface area (Å²) >= 11 is 0. The molecular formula is C12H12F3NO3S. The normalized spacial score (nSPS) is 17.2. The maximum Gasteiger partial charge on any atom is 0.408 e. The molecule has 1 amide bonds. The van der Waals surface area contributed by atoms with Crippen LogP contribution < -0.4 is 0 Å². The molecule has 0 unspecified atom stereocenters. The second-order valence-corrected chi connectivity index (χ2v) is 6.70. The van der Waals surface area contributed by atoms with Gasteiger partial charge in [0, 0.05) is 12.8 Å². The molecule has 0 spiro atoms. The van der Waals surface area contributed by atoms with Crippen molar-refractivity contribution in [2.75, 3.05) is 6.26 Å². The Morgan fingerprint density at radius 2 is 1.90 bits per heavy atom. The van der Waals surface area contributed by atoms with E-state index in [1.807, 2.05) is 0 Å². The zero-order valence-corrected chi connectivity index (χ0v) is 11.5. The number of carbonyl (C=O) groups excluding carboxylic acids is 1. The standard InChI is InChI=1S/C12H12F3NO3S/c1-7(12(13,14)15)16-6-8-4-3-5-9(20(2,18)19)10(8)11(16)17/h3-5,7H,6H2,1-2H3/t7-/m0/s1. The topological polar surface area (TPSA) is 54.5 Å². The maximum atomic E-state index is 12.7. The molecule has 0 N–H and O–H groups in total. The number of fused-ring (bicyclic) bond motifs is 1. The van der Waals surface area contributed by atoms with Gasteiger partial charge in [-0.15, -0.1) is 0 Å². The van der Waals surface area contributed by atoms with Gasteiger partial charge >= 0.3 is 6.18 Å². The van der Waals surface area contributed by atoms with Crippen LogP contribution in [0, 0.1) is 0 Å². The Labute approximate surface area is 114 Å². The molecule has 0 fully saturated rings. The quantitative estimate of drug-likeness (QED) is 0.839. The summed E-state index contributed by atoms with van der Waals surface area (Å²) in [5.41, 5.74) is 0.153. The molecule has 8 heteroatoms. The number of rotatable bonds is 2. The Morgan fingerprint density at radius 3 is 2.40 bits per heavy atom. The first kappa shape index (κ1) is 14.8. The van der Waals surface area contributed by atoms with Crippen LogP contribution >= 0.6 is 0 Å². The van der Waals surface area contributed by atoms with Gasteiger partial charge in [-0.1, -0.05) is 12.1 Å². The molecule has 0 radical (unpaired) electrons. The Bertz CT molecular complexity index is 667. The number of sulfone groups is 1. The molecule has 0 saturated heterocycles. The van der Waals surface area contributed by atoms with Crippen LogP contribution in [0.5, 0.6) is 0 Å². The lowest BCUT2D eigenvalue weighted by atomic mass is 10.1. The number of halogens is 3. The molecule has 1 aliphatic heterocycles.